The number of nitrogens with one attached hydrogen (secondary N) is 2. The van der Waals surface area contributed by atoms with Gasteiger partial charge in [-0.1, -0.05) is 33.1 Å². The van der Waals surface area contributed by atoms with Crippen LogP contribution in [0.3, 0.4) is 0 Å². The van der Waals surface area contributed by atoms with Gasteiger partial charge in [0, 0.05) is 38.1 Å². The molecule has 1 heterocycles. The highest BCUT2D eigenvalue weighted by atomic mass is 32.2. The average molecular weight is 344 g/mol. The molecule has 5 heteroatoms. The van der Waals surface area contributed by atoms with Gasteiger partial charge in [-0.2, -0.15) is 11.8 Å². The van der Waals surface area contributed by atoms with E-state index in [-0.39, 0.29) is 0 Å². The van der Waals surface area contributed by atoms with E-state index in [1.165, 1.54) is 32.1 Å². The Bertz CT molecular complexity index is 330. The van der Waals surface area contributed by atoms with Crippen LogP contribution in [0.5, 0.6) is 0 Å². The van der Waals surface area contributed by atoms with Gasteiger partial charge in [0.15, 0.2) is 5.96 Å². The van der Waals surface area contributed by atoms with Gasteiger partial charge in [0.1, 0.15) is 0 Å². The first-order chi connectivity index (χ1) is 11.2. The number of rotatable bonds is 10. The largest absolute Gasteiger partial charge is 0.381 e. The van der Waals surface area contributed by atoms with Crippen molar-refractivity contribution in [2.45, 2.75) is 63.5 Å². The zero-order valence-electron chi connectivity index (χ0n) is 15.6. The predicted molar refractivity (Wildman–Crippen MR) is 104 cm³/mol. The molecular formula is C18H37N3OS. The van der Waals surface area contributed by atoms with Crippen LogP contribution >= 0.6 is 11.8 Å². The summed E-state index contributed by atoms with van der Waals surface area (Å²) in [7, 11) is 1.87. The minimum atomic E-state index is 0.293. The Balaban J connectivity index is 2.40. The summed E-state index contributed by atoms with van der Waals surface area (Å²) >= 11 is 1.96. The zero-order valence-corrected chi connectivity index (χ0v) is 16.4. The number of hydrogen-bond acceptors (Lipinski definition) is 3. The van der Waals surface area contributed by atoms with Crippen molar-refractivity contribution in [1.29, 1.82) is 0 Å². The maximum Gasteiger partial charge on any atom is 0.191 e. The van der Waals surface area contributed by atoms with E-state index < -0.39 is 0 Å². The summed E-state index contributed by atoms with van der Waals surface area (Å²) in [6, 6.07) is 0. The third kappa shape index (κ3) is 7.79. The van der Waals surface area contributed by atoms with Crippen LogP contribution in [-0.2, 0) is 4.74 Å². The summed E-state index contributed by atoms with van der Waals surface area (Å²) in [5.41, 5.74) is 0. The molecule has 0 bridgehead atoms. The van der Waals surface area contributed by atoms with E-state index in [0.717, 1.165) is 51.0 Å². The predicted octanol–water partition coefficient (Wildman–Crippen LogP) is 3.67. The molecule has 0 aliphatic carbocycles. The number of ether oxygens (including phenoxy) is 1. The molecule has 0 aromatic carbocycles. The number of hydrogen-bond donors (Lipinski definition) is 2. The Morgan fingerprint density at radius 3 is 2.48 bits per heavy atom. The molecule has 2 N–H and O–H groups in total. The molecule has 1 aliphatic heterocycles. The van der Waals surface area contributed by atoms with Gasteiger partial charge in [0.25, 0.3) is 0 Å². The lowest BCUT2D eigenvalue weighted by Crippen LogP contribution is -2.48. The van der Waals surface area contributed by atoms with E-state index in [4.69, 9.17) is 4.74 Å². The Kier molecular flexibility index (Phi) is 10.8. The second kappa shape index (κ2) is 12.0. The number of guanidine groups is 1. The van der Waals surface area contributed by atoms with E-state index in [2.05, 4.69) is 35.7 Å². The van der Waals surface area contributed by atoms with E-state index in [9.17, 15) is 0 Å². The van der Waals surface area contributed by atoms with Gasteiger partial charge in [0.05, 0.1) is 0 Å². The normalized spacial score (nSPS) is 19.4. The van der Waals surface area contributed by atoms with Gasteiger partial charge in [-0.15, -0.1) is 0 Å². The quantitative estimate of drug-likeness (QED) is 0.469. The van der Waals surface area contributed by atoms with Crippen molar-refractivity contribution in [3.8, 4) is 0 Å². The lowest BCUT2D eigenvalue weighted by atomic mass is 9.97. The summed E-state index contributed by atoms with van der Waals surface area (Å²) < 4.78 is 5.81. The lowest BCUT2D eigenvalue weighted by molar-refractivity contribution is 0.0783. The maximum absolute atomic E-state index is 5.52. The summed E-state index contributed by atoms with van der Waals surface area (Å²) in [5, 5.41) is 7.09. The van der Waals surface area contributed by atoms with Crippen LogP contribution in [0.15, 0.2) is 4.99 Å². The summed E-state index contributed by atoms with van der Waals surface area (Å²) in [4.78, 5) is 4.40. The maximum atomic E-state index is 5.52. The van der Waals surface area contributed by atoms with E-state index in [1.807, 2.05) is 18.8 Å². The number of thioether (sulfide) groups is 1. The van der Waals surface area contributed by atoms with Gasteiger partial charge in [0.2, 0.25) is 0 Å². The van der Waals surface area contributed by atoms with Gasteiger partial charge >= 0.3 is 0 Å². The topological polar surface area (TPSA) is 45.7 Å². The van der Waals surface area contributed by atoms with Crippen LogP contribution < -0.4 is 10.6 Å². The molecule has 0 amide bonds. The van der Waals surface area contributed by atoms with Crippen LogP contribution in [0.2, 0.25) is 0 Å². The molecule has 1 rings (SSSR count). The molecule has 136 valence electrons. The van der Waals surface area contributed by atoms with Crippen LogP contribution in [0, 0.1) is 5.92 Å². The fourth-order valence-corrected chi connectivity index (χ4v) is 3.94. The van der Waals surface area contributed by atoms with E-state index in [0.29, 0.717) is 4.75 Å². The van der Waals surface area contributed by atoms with Crippen molar-refractivity contribution in [2.75, 3.05) is 39.6 Å². The molecule has 4 nitrogen and oxygen atoms in total. The molecule has 1 saturated heterocycles. The van der Waals surface area contributed by atoms with Crippen molar-refractivity contribution in [1.82, 2.24) is 10.6 Å². The molecular weight excluding hydrogens is 306 g/mol. The second-order valence-electron chi connectivity index (χ2n) is 6.60. The van der Waals surface area contributed by atoms with Crippen molar-refractivity contribution in [2.24, 2.45) is 10.9 Å². The first-order valence-electron chi connectivity index (χ1n) is 9.27. The van der Waals surface area contributed by atoms with Crippen LogP contribution in [0.1, 0.15) is 58.8 Å². The Labute approximate surface area is 147 Å². The van der Waals surface area contributed by atoms with Gasteiger partial charge in [-0.3, -0.25) is 4.99 Å². The number of nitrogens with zero attached hydrogens (tertiary/aromatic N) is 1. The van der Waals surface area contributed by atoms with Crippen LogP contribution in [-0.4, -0.2) is 50.3 Å². The highest BCUT2D eigenvalue weighted by molar-refractivity contribution is 8.00. The monoisotopic (exact) mass is 343 g/mol. The zero-order chi connectivity index (χ0) is 17.0. The molecule has 23 heavy (non-hydrogen) atoms. The fourth-order valence-electron chi connectivity index (χ4n) is 3.15. The van der Waals surface area contributed by atoms with Crippen molar-refractivity contribution in [3.63, 3.8) is 0 Å². The Hall–Kier alpha value is -0.420. The average Bonchev–Trinajstić information content (AvgIpc) is 2.60. The molecule has 0 aromatic rings. The Morgan fingerprint density at radius 1 is 1.17 bits per heavy atom. The van der Waals surface area contributed by atoms with Gasteiger partial charge < -0.3 is 15.4 Å². The highest BCUT2D eigenvalue weighted by Gasteiger charge is 2.31. The molecule has 0 spiro atoms. The third-order valence-corrected chi connectivity index (χ3v) is 6.28. The van der Waals surface area contributed by atoms with Crippen LogP contribution in [0.4, 0.5) is 0 Å². The van der Waals surface area contributed by atoms with Crippen LogP contribution in [0.25, 0.3) is 0 Å². The molecule has 1 atom stereocenters. The van der Waals surface area contributed by atoms with Gasteiger partial charge in [-0.25, -0.2) is 0 Å². The van der Waals surface area contributed by atoms with E-state index in [1.54, 1.807) is 0 Å². The first-order valence-corrected chi connectivity index (χ1v) is 10.5. The summed E-state index contributed by atoms with van der Waals surface area (Å²) in [6.07, 6.45) is 10.9. The molecule has 0 radical (unpaired) electrons. The minimum absolute atomic E-state index is 0.293. The molecule has 1 unspecified atom stereocenters. The van der Waals surface area contributed by atoms with Crippen molar-refractivity contribution in [3.05, 3.63) is 0 Å². The summed E-state index contributed by atoms with van der Waals surface area (Å²) in [5.74, 6) is 1.71. The van der Waals surface area contributed by atoms with Crippen molar-refractivity contribution >= 4 is 17.7 Å². The Morgan fingerprint density at radius 2 is 1.91 bits per heavy atom. The number of unbranched alkanes of at least 4 members (excludes halogenated alkanes) is 1. The minimum Gasteiger partial charge on any atom is -0.381 e. The standard InChI is InChI=1S/C18H37N3OS/c1-5-7-9-16(8-6-2)14-20-17(19-3)21-15-18(23-4)10-12-22-13-11-18/h16H,5-15H2,1-4H3,(H2,19,20,21). The summed E-state index contributed by atoms with van der Waals surface area (Å²) in [6.45, 7) is 8.30. The molecule has 1 fully saturated rings. The number of aliphatic imine (C=N–C) groups is 1. The second-order valence-corrected chi connectivity index (χ2v) is 7.88. The highest BCUT2D eigenvalue weighted by Crippen LogP contribution is 2.32. The van der Waals surface area contributed by atoms with Crippen molar-refractivity contribution < 1.29 is 4.74 Å². The fraction of sp³-hybridized carbons (Fsp3) is 0.944. The van der Waals surface area contributed by atoms with E-state index >= 15 is 0 Å². The van der Waals surface area contributed by atoms with Gasteiger partial charge in [-0.05, 0) is 37.9 Å². The third-order valence-electron chi connectivity index (χ3n) is 4.86. The lowest BCUT2D eigenvalue weighted by Gasteiger charge is -2.36. The first kappa shape index (κ1) is 20.6. The molecule has 0 saturated carbocycles. The SMILES string of the molecule is CCCCC(CCC)CNC(=NC)NCC1(SC)CCOCC1. The molecule has 1 aliphatic rings. The molecule has 0 aromatic heterocycles. The smallest absolute Gasteiger partial charge is 0.191 e.